The smallest absolute Gasteiger partial charge is 0.308 e. The number of nitrogens with zero attached hydrogens (tertiary/aromatic N) is 2. The Morgan fingerprint density at radius 2 is 2.00 bits per heavy atom. The fourth-order valence-electron chi connectivity index (χ4n) is 1.89. The highest BCUT2D eigenvalue weighted by molar-refractivity contribution is 9.10. The largest absolute Gasteiger partial charge is 0.426 e. The molecule has 0 aliphatic heterocycles. The molecule has 0 bridgehead atoms. The molecule has 0 aliphatic carbocycles. The predicted octanol–water partition coefficient (Wildman–Crippen LogP) is 3.05. The lowest BCUT2D eigenvalue weighted by Crippen LogP contribution is -2.18. The van der Waals surface area contributed by atoms with Crippen LogP contribution in [-0.4, -0.2) is 23.0 Å². The molecule has 0 saturated heterocycles. The molecule has 0 aromatic heterocycles. The van der Waals surface area contributed by atoms with Crippen LogP contribution in [-0.2, 0) is 4.79 Å². The number of hydrogen-bond donors (Lipinski definition) is 1. The van der Waals surface area contributed by atoms with Crippen LogP contribution in [0.25, 0.3) is 0 Å². The average molecular weight is 406 g/mol. The minimum absolute atomic E-state index is 0.0870. The van der Waals surface area contributed by atoms with E-state index < -0.39 is 16.8 Å². The van der Waals surface area contributed by atoms with E-state index in [1.165, 1.54) is 37.4 Å². The first-order valence-electron chi connectivity index (χ1n) is 6.93. The van der Waals surface area contributed by atoms with Gasteiger partial charge in [0.05, 0.1) is 15.6 Å². The number of rotatable bonds is 5. The number of carbonyl (C=O) groups excluding carboxylic acids is 2. The third-order valence-electron chi connectivity index (χ3n) is 2.93. The molecule has 25 heavy (non-hydrogen) atoms. The third-order valence-corrected chi connectivity index (χ3v) is 3.55. The van der Waals surface area contributed by atoms with Crippen molar-refractivity contribution < 1.29 is 19.2 Å². The van der Waals surface area contributed by atoms with E-state index in [9.17, 15) is 19.7 Å². The van der Waals surface area contributed by atoms with Gasteiger partial charge in [0.2, 0.25) is 0 Å². The summed E-state index contributed by atoms with van der Waals surface area (Å²) in [7, 11) is 0. The number of amides is 1. The number of carbonyl (C=O) groups is 2. The molecular formula is C16H12BrN3O5. The maximum absolute atomic E-state index is 12.0. The lowest BCUT2D eigenvalue weighted by atomic mass is 10.2. The monoisotopic (exact) mass is 405 g/mol. The van der Waals surface area contributed by atoms with E-state index in [1.54, 1.807) is 18.2 Å². The zero-order valence-electron chi connectivity index (χ0n) is 12.9. The van der Waals surface area contributed by atoms with E-state index in [2.05, 4.69) is 26.5 Å². The first-order valence-corrected chi connectivity index (χ1v) is 7.72. The standard InChI is InChI=1S/C16H12BrN3O5/c1-10(21)25-15-7-6-11(8-13(15)17)9-18-19-16(22)12-4-2-3-5-14(12)20(23)24/h2-9H,1H3,(H,19,22)/b18-9-. The molecule has 0 radical (unpaired) electrons. The van der Waals surface area contributed by atoms with E-state index in [4.69, 9.17) is 4.74 Å². The lowest BCUT2D eigenvalue weighted by Gasteiger charge is -2.04. The Kier molecular flexibility index (Phi) is 5.96. The molecule has 0 spiro atoms. The van der Waals surface area contributed by atoms with E-state index in [0.29, 0.717) is 15.8 Å². The number of halogens is 1. The van der Waals surface area contributed by atoms with Crippen molar-refractivity contribution in [1.82, 2.24) is 5.43 Å². The number of benzene rings is 2. The van der Waals surface area contributed by atoms with Gasteiger partial charge in [-0.25, -0.2) is 5.43 Å². The molecular weight excluding hydrogens is 394 g/mol. The summed E-state index contributed by atoms with van der Waals surface area (Å²) in [5.41, 5.74) is 2.46. The first kappa shape index (κ1) is 18.3. The normalized spacial score (nSPS) is 10.5. The van der Waals surface area contributed by atoms with Crippen molar-refractivity contribution in [3.63, 3.8) is 0 Å². The summed E-state index contributed by atoms with van der Waals surface area (Å²) in [4.78, 5) is 33.2. The number of hydrazone groups is 1. The number of nitro benzene ring substituents is 1. The van der Waals surface area contributed by atoms with Crippen LogP contribution in [0.4, 0.5) is 5.69 Å². The summed E-state index contributed by atoms with van der Waals surface area (Å²) >= 11 is 3.26. The predicted molar refractivity (Wildman–Crippen MR) is 93.6 cm³/mol. The summed E-state index contributed by atoms with van der Waals surface area (Å²) in [5.74, 6) is -0.786. The van der Waals surface area contributed by atoms with E-state index >= 15 is 0 Å². The molecule has 0 aliphatic rings. The van der Waals surface area contributed by atoms with Crippen molar-refractivity contribution in [2.45, 2.75) is 6.92 Å². The van der Waals surface area contributed by atoms with Crippen LogP contribution in [0, 0.1) is 10.1 Å². The van der Waals surface area contributed by atoms with Gasteiger partial charge in [0, 0.05) is 13.0 Å². The quantitative estimate of drug-likeness (QED) is 0.270. The van der Waals surface area contributed by atoms with Crippen LogP contribution in [0.15, 0.2) is 52.0 Å². The van der Waals surface area contributed by atoms with E-state index in [1.807, 2.05) is 0 Å². The number of nitro groups is 1. The summed E-state index contributed by atoms with van der Waals surface area (Å²) < 4.78 is 5.51. The molecule has 9 heteroatoms. The number of esters is 1. The summed E-state index contributed by atoms with van der Waals surface area (Å²) in [6.45, 7) is 1.29. The maximum atomic E-state index is 12.0. The van der Waals surface area contributed by atoms with Crippen molar-refractivity contribution in [2.24, 2.45) is 5.10 Å². The van der Waals surface area contributed by atoms with Gasteiger partial charge >= 0.3 is 5.97 Å². The molecule has 2 aromatic rings. The van der Waals surface area contributed by atoms with Gasteiger partial charge < -0.3 is 4.74 Å². The SMILES string of the molecule is CC(=O)Oc1ccc(/C=N\NC(=O)c2ccccc2[N+](=O)[O-])cc1Br. The lowest BCUT2D eigenvalue weighted by molar-refractivity contribution is -0.385. The Labute approximate surface area is 150 Å². The van der Waals surface area contributed by atoms with Crippen LogP contribution >= 0.6 is 15.9 Å². The van der Waals surface area contributed by atoms with E-state index in [0.717, 1.165) is 0 Å². The molecule has 2 aromatic carbocycles. The van der Waals surface area contributed by atoms with Crippen molar-refractivity contribution in [2.75, 3.05) is 0 Å². The maximum Gasteiger partial charge on any atom is 0.308 e. The molecule has 1 amide bonds. The van der Waals surface area contributed by atoms with Gasteiger partial charge in [-0.3, -0.25) is 19.7 Å². The molecule has 8 nitrogen and oxygen atoms in total. The van der Waals surface area contributed by atoms with Gasteiger partial charge in [0.1, 0.15) is 11.3 Å². The zero-order valence-corrected chi connectivity index (χ0v) is 14.5. The zero-order chi connectivity index (χ0) is 18.4. The fourth-order valence-corrected chi connectivity index (χ4v) is 2.36. The molecule has 1 N–H and O–H groups in total. The van der Waals surface area contributed by atoms with Gasteiger partial charge in [-0.15, -0.1) is 0 Å². The van der Waals surface area contributed by atoms with Crippen molar-refractivity contribution in [3.05, 3.63) is 68.2 Å². The second kappa shape index (κ2) is 8.15. The average Bonchev–Trinajstić information content (AvgIpc) is 2.56. The van der Waals surface area contributed by atoms with Crippen LogP contribution < -0.4 is 10.2 Å². The summed E-state index contributed by atoms with van der Waals surface area (Å²) in [6, 6.07) is 10.4. The minimum Gasteiger partial charge on any atom is -0.426 e. The molecule has 0 heterocycles. The topological polar surface area (TPSA) is 111 Å². The molecule has 0 unspecified atom stereocenters. The van der Waals surface area contributed by atoms with Gasteiger partial charge in [-0.2, -0.15) is 5.10 Å². The third kappa shape index (κ3) is 4.95. The van der Waals surface area contributed by atoms with Gasteiger partial charge in [0.15, 0.2) is 0 Å². The number of nitrogens with one attached hydrogen (secondary N) is 1. The van der Waals surface area contributed by atoms with Gasteiger partial charge in [-0.1, -0.05) is 12.1 Å². The van der Waals surface area contributed by atoms with Crippen molar-refractivity contribution >= 4 is 39.7 Å². The molecule has 0 fully saturated rings. The molecule has 0 saturated carbocycles. The first-order chi connectivity index (χ1) is 11.9. The fraction of sp³-hybridized carbons (Fsp3) is 0.0625. The number of ether oxygens (including phenoxy) is 1. The van der Waals surface area contributed by atoms with Gasteiger partial charge in [-0.05, 0) is 45.8 Å². The van der Waals surface area contributed by atoms with Crippen molar-refractivity contribution in [1.29, 1.82) is 0 Å². The molecule has 2 rings (SSSR count). The Morgan fingerprint density at radius 3 is 2.64 bits per heavy atom. The van der Waals surface area contributed by atoms with E-state index in [-0.39, 0.29) is 11.3 Å². The second-order valence-electron chi connectivity index (χ2n) is 4.76. The van der Waals surface area contributed by atoms with Gasteiger partial charge in [0.25, 0.3) is 11.6 Å². The number of hydrogen-bond acceptors (Lipinski definition) is 6. The Morgan fingerprint density at radius 1 is 1.28 bits per heavy atom. The van der Waals surface area contributed by atoms with Crippen LogP contribution in [0.3, 0.4) is 0 Å². The second-order valence-corrected chi connectivity index (χ2v) is 5.61. The highest BCUT2D eigenvalue weighted by Gasteiger charge is 2.18. The highest BCUT2D eigenvalue weighted by Crippen LogP contribution is 2.25. The van der Waals surface area contributed by atoms with Crippen LogP contribution in [0.1, 0.15) is 22.8 Å². The summed E-state index contributed by atoms with van der Waals surface area (Å²) in [5, 5.41) is 14.7. The Balaban J connectivity index is 2.08. The van der Waals surface area contributed by atoms with Crippen LogP contribution in [0.5, 0.6) is 5.75 Å². The van der Waals surface area contributed by atoms with Crippen LogP contribution in [0.2, 0.25) is 0 Å². The number of para-hydroxylation sites is 1. The molecule has 128 valence electrons. The van der Waals surface area contributed by atoms with Crippen molar-refractivity contribution in [3.8, 4) is 5.75 Å². The highest BCUT2D eigenvalue weighted by atomic mass is 79.9. The summed E-state index contributed by atoms with van der Waals surface area (Å²) in [6.07, 6.45) is 1.36. The minimum atomic E-state index is -0.695. The Bertz CT molecular complexity index is 867. The Hall–Kier alpha value is -3.07. The molecule has 0 atom stereocenters.